The molecule has 15 heavy (non-hydrogen) atoms. The van der Waals surface area contributed by atoms with Crippen molar-refractivity contribution in [2.75, 3.05) is 0 Å². The zero-order valence-corrected chi connectivity index (χ0v) is 11.2. The highest BCUT2D eigenvalue weighted by atomic mass is 79.9. The highest BCUT2D eigenvalue weighted by molar-refractivity contribution is 9.10. The van der Waals surface area contributed by atoms with Crippen molar-refractivity contribution in [3.05, 3.63) is 33.8 Å². The second kappa shape index (κ2) is 5.07. The van der Waals surface area contributed by atoms with Gasteiger partial charge in [0.2, 0.25) is 0 Å². The molecule has 0 aliphatic carbocycles. The summed E-state index contributed by atoms with van der Waals surface area (Å²) < 4.78 is 0.955. The van der Waals surface area contributed by atoms with Crippen LogP contribution in [-0.4, -0.2) is 15.2 Å². The second-order valence-electron chi connectivity index (χ2n) is 2.92. The topological polar surface area (TPSA) is 46.3 Å². The number of thiol groups is 1. The van der Waals surface area contributed by atoms with E-state index in [2.05, 4.69) is 28.6 Å². The molecule has 0 fully saturated rings. The van der Waals surface area contributed by atoms with Crippen molar-refractivity contribution in [1.29, 1.82) is 0 Å². The minimum absolute atomic E-state index is 0.0438. The van der Waals surface area contributed by atoms with Crippen LogP contribution in [-0.2, 0) is 0 Å². The van der Waals surface area contributed by atoms with Crippen LogP contribution in [0.1, 0.15) is 15.9 Å². The molecular weight excluding hydrogens is 296 g/mol. The Kier molecular flexibility index (Phi) is 4.27. The Morgan fingerprint density at radius 2 is 2.20 bits per heavy atom. The highest BCUT2D eigenvalue weighted by Gasteiger charge is 2.16. The van der Waals surface area contributed by atoms with Gasteiger partial charge in [0.1, 0.15) is 0 Å². The van der Waals surface area contributed by atoms with Crippen molar-refractivity contribution >= 4 is 51.0 Å². The molecule has 1 aromatic rings. The maximum atomic E-state index is 11.8. The number of carbonyl (C=O) groups is 1. The Morgan fingerprint density at radius 1 is 1.60 bits per heavy atom. The number of aryl methyl sites for hydroxylation is 1. The quantitative estimate of drug-likeness (QED) is 0.275. The number of nitrogens with two attached hydrogens (primary N) is 1. The van der Waals surface area contributed by atoms with E-state index in [4.69, 9.17) is 18.1 Å². The van der Waals surface area contributed by atoms with Gasteiger partial charge < -0.3 is 0 Å². The van der Waals surface area contributed by atoms with Gasteiger partial charge >= 0.3 is 0 Å². The molecule has 6 heteroatoms. The Labute approximate surface area is 107 Å². The predicted octanol–water partition coefficient (Wildman–Crippen LogP) is 2.29. The molecule has 0 aliphatic rings. The zero-order valence-electron chi connectivity index (χ0n) is 7.90. The minimum atomic E-state index is -0.361. The Balaban J connectivity index is 3.07. The fourth-order valence-corrected chi connectivity index (χ4v) is 1.73. The van der Waals surface area contributed by atoms with Crippen LogP contribution < -0.4 is 5.84 Å². The lowest BCUT2D eigenvalue weighted by Gasteiger charge is -2.15. The molecule has 2 N–H and O–H groups in total. The van der Waals surface area contributed by atoms with E-state index < -0.39 is 0 Å². The van der Waals surface area contributed by atoms with E-state index in [9.17, 15) is 4.79 Å². The van der Waals surface area contributed by atoms with Crippen LogP contribution >= 0.6 is 40.8 Å². The number of amides is 1. The normalized spacial score (nSPS) is 9.87. The van der Waals surface area contributed by atoms with Gasteiger partial charge in [-0.3, -0.25) is 4.79 Å². The minimum Gasteiger partial charge on any atom is -0.267 e. The van der Waals surface area contributed by atoms with Crippen molar-refractivity contribution in [2.24, 2.45) is 5.84 Å². The average Bonchev–Trinajstić information content (AvgIpc) is 2.15. The number of thiocarbonyl (C=S) groups is 1. The standard InChI is InChI=1S/C9H9BrN2OS2/c1-5-4-6(10)2-3-7(5)8(13)12(11)9(14)15/h2-4H,11H2,1H3,(H,14,15). The Morgan fingerprint density at radius 3 is 2.67 bits per heavy atom. The van der Waals surface area contributed by atoms with Crippen molar-refractivity contribution in [1.82, 2.24) is 5.01 Å². The lowest BCUT2D eigenvalue weighted by Crippen LogP contribution is -2.39. The maximum absolute atomic E-state index is 11.8. The van der Waals surface area contributed by atoms with E-state index in [1.807, 2.05) is 13.0 Å². The van der Waals surface area contributed by atoms with Crippen LogP contribution in [0.25, 0.3) is 0 Å². The lowest BCUT2D eigenvalue weighted by atomic mass is 10.1. The van der Waals surface area contributed by atoms with E-state index in [1.54, 1.807) is 12.1 Å². The summed E-state index contributed by atoms with van der Waals surface area (Å²) >= 11 is 11.9. The first-order valence-corrected chi connectivity index (χ1v) is 5.66. The average molecular weight is 305 g/mol. The molecule has 0 atom stereocenters. The highest BCUT2D eigenvalue weighted by Crippen LogP contribution is 2.17. The number of hydrazine groups is 1. The van der Waals surface area contributed by atoms with Crippen LogP contribution in [0.15, 0.2) is 22.7 Å². The monoisotopic (exact) mass is 304 g/mol. The molecule has 80 valence electrons. The molecule has 0 aliphatic heterocycles. The van der Waals surface area contributed by atoms with Gasteiger partial charge in [0.05, 0.1) is 0 Å². The summed E-state index contributed by atoms with van der Waals surface area (Å²) in [6.45, 7) is 1.83. The van der Waals surface area contributed by atoms with E-state index in [0.717, 1.165) is 15.0 Å². The third-order valence-corrected chi connectivity index (χ3v) is 2.75. The van der Waals surface area contributed by atoms with E-state index in [1.165, 1.54) is 0 Å². The van der Waals surface area contributed by atoms with Gasteiger partial charge in [-0.15, -0.1) is 12.6 Å². The number of hydrogen-bond acceptors (Lipinski definition) is 3. The molecule has 1 aromatic carbocycles. The fraction of sp³-hybridized carbons (Fsp3) is 0.111. The van der Waals surface area contributed by atoms with Crippen molar-refractivity contribution in [3.63, 3.8) is 0 Å². The smallest absolute Gasteiger partial charge is 0.267 e. The third kappa shape index (κ3) is 3.01. The molecule has 0 unspecified atom stereocenters. The number of hydrogen-bond donors (Lipinski definition) is 2. The van der Waals surface area contributed by atoms with E-state index >= 15 is 0 Å². The van der Waals surface area contributed by atoms with Crippen LogP contribution in [0.5, 0.6) is 0 Å². The van der Waals surface area contributed by atoms with Gasteiger partial charge in [0.25, 0.3) is 5.91 Å². The van der Waals surface area contributed by atoms with Gasteiger partial charge in [-0.05, 0) is 30.7 Å². The summed E-state index contributed by atoms with van der Waals surface area (Å²) in [6, 6.07) is 5.30. The van der Waals surface area contributed by atoms with Crippen molar-refractivity contribution in [2.45, 2.75) is 6.92 Å². The molecule has 3 nitrogen and oxygen atoms in total. The summed E-state index contributed by atoms with van der Waals surface area (Å²) in [7, 11) is 0. The molecule has 0 saturated heterocycles. The first-order valence-electron chi connectivity index (χ1n) is 4.01. The van der Waals surface area contributed by atoms with Crippen LogP contribution in [0, 0.1) is 6.92 Å². The predicted molar refractivity (Wildman–Crippen MR) is 70.8 cm³/mol. The molecule has 0 radical (unpaired) electrons. The van der Waals surface area contributed by atoms with Gasteiger partial charge in [0, 0.05) is 10.0 Å². The first kappa shape index (κ1) is 12.6. The maximum Gasteiger partial charge on any atom is 0.273 e. The molecule has 0 aromatic heterocycles. The summed E-state index contributed by atoms with van der Waals surface area (Å²) in [5.41, 5.74) is 1.34. The fourth-order valence-electron chi connectivity index (χ4n) is 1.08. The van der Waals surface area contributed by atoms with Gasteiger partial charge in [-0.1, -0.05) is 28.1 Å². The largest absolute Gasteiger partial charge is 0.273 e. The first-order chi connectivity index (χ1) is 6.93. The van der Waals surface area contributed by atoms with Crippen molar-refractivity contribution < 1.29 is 4.79 Å². The van der Waals surface area contributed by atoms with Gasteiger partial charge in [-0.2, -0.15) is 0 Å². The Bertz CT molecular complexity index is 423. The summed E-state index contributed by atoms with van der Waals surface area (Å²) in [4.78, 5) is 11.8. The zero-order chi connectivity index (χ0) is 11.6. The van der Waals surface area contributed by atoms with Crippen molar-refractivity contribution in [3.8, 4) is 0 Å². The molecule has 0 heterocycles. The molecule has 0 bridgehead atoms. The summed E-state index contributed by atoms with van der Waals surface area (Å²) in [5, 5.41) is 0.842. The lowest BCUT2D eigenvalue weighted by molar-refractivity contribution is 0.0852. The molecular formula is C9H9BrN2OS2. The summed E-state index contributed by atoms with van der Waals surface area (Å²) in [5.74, 6) is 5.09. The van der Waals surface area contributed by atoms with E-state index in [0.29, 0.717) is 5.56 Å². The SMILES string of the molecule is Cc1cc(Br)ccc1C(=O)N(N)C(=S)S. The Hall–Kier alpha value is -0.430. The number of carbonyl (C=O) groups excluding carboxylic acids is 1. The summed E-state index contributed by atoms with van der Waals surface area (Å²) in [6.07, 6.45) is 0. The molecule has 1 rings (SSSR count). The molecule has 1 amide bonds. The van der Waals surface area contributed by atoms with E-state index in [-0.39, 0.29) is 10.2 Å². The van der Waals surface area contributed by atoms with Crippen LogP contribution in [0.3, 0.4) is 0 Å². The molecule has 0 spiro atoms. The number of halogens is 1. The van der Waals surface area contributed by atoms with Gasteiger partial charge in [-0.25, -0.2) is 10.9 Å². The number of nitrogens with zero attached hydrogens (tertiary/aromatic N) is 1. The van der Waals surface area contributed by atoms with Crippen LogP contribution in [0.2, 0.25) is 0 Å². The number of rotatable bonds is 1. The van der Waals surface area contributed by atoms with Crippen LogP contribution in [0.4, 0.5) is 0 Å². The second-order valence-corrected chi connectivity index (χ2v) is 4.95. The third-order valence-electron chi connectivity index (χ3n) is 1.84. The molecule has 0 saturated carbocycles. The number of benzene rings is 1. The van der Waals surface area contributed by atoms with Gasteiger partial charge in [0.15, 0.2) is 4.32 Å².